The highest BCUT2D eigenvalue weighted by atomic mass is 16.1. The number of aromatic nitrogens is 4. The molecule has 2 aromatic carbocycles. The summed E-state index contributed by atoms with van der Waals surface area (Å²) in [6.07, 6.45) is 5.31. The van der Waals surface area contributed by atoms with Gasteiger partial charge in [-0.1, -0.05) is 18.2 Å². The molecule has 1 fully saturated rings. The molecule has 5 rings (SSSR count). The molecule has 4 aromatic rings. The van der Waals surface area contributed by atoms with Gasteiger partial charge in [0.15, 0.2) is 5.65 Å². The molecule has 1 saturated carbocycles. The van der Waals surface area contributed by atoms with Crippen molar-refractivity contribution in [2.75, 3.05) is 0 Å². The maximum Gasteiger partial charge on any atom is 0.251 e. The highest BCUT2D eigenvalue weighted by Crippen LogP contribution is 2.27. The zero-order chi connectivity index (χ0) is 20.7. The van der Waals surface area contributed by atoms with Crippen LogP contribution >= 0.6 is 0 Å². The highest BCUT2D eigenvalue weighted by molar-refractivity contribution is 5.95. The lowest BCUT2D eigenvalue weighted by atomic mass is 10.1. The first-order chi connectivity index (χ1) is 14.6. The fraction of sp³-hybridized carbons (Fsp3) is 0.174. The summed E-state index contributed by atoms with van der Waals surface area (Å²) in [6.45, 7) is 1.99. The number of benzene rings is 2. The van der Waals surface area contributed by atoms with Gasteiger partial charge < -0.3 is 5.32 Å². The van der Waals surface area contributed by atoms with Gasteiger partial charge in [-0.25, -0.2) is 15.0 Å². The maximum atomic E-state index is 12.5. The van der Waals surface area contributed by atoms with Crippen LogP contribution < -0.4 is 5.32 Å². The standard InChI is InChI=1S/C23H18N6O/c1-14-2-5-17(23(30)28-18-8-9-18)10-19(14)29-13-27-21-20(25-12-26-22(21)29)16-6-3-15(11-24)4-7-16/h2-7,10,12-13,18H,8-9H2,1H3,(H,28,30). The fourth-order valence-corrected chi connectivity index (χ4v) is 3.43. The molecule has 0 radical (unpaired) electrons. The van der Waals surface area contributed by atoms with Crippen LogP contribution in [0.1, 0.15) is 34.3 Å². The molecule has 0 spiro atoms. The number of carbonyl (C=O) groups is 1. The van der Waals surface area contributed by atoms with Gasteiger partial charge in [-0.3, -0.25) is 9.36 Å². The molecule has 0 bridgehead atoms. The Morgan fingerprint density at radius 2 is 1.93 bits per heavy atom. The number of nitrogens with zero attached hydrogens (tertiary/aromatic N) is 5. The van der Waals surface area contributed by atoms with Crippen molar-refractivity contribution in [1.82, 2.24) is 24.8 Å². The predicted octanol–water partition coefficient (Wildman–Crippen LogP) is 3.55. The molecule has 2 aromatic heterocycles. The fourth-order valence-electron chi connectivity index (χ4n) is 3.43. The summed E-state index contributed by atoms with van der Waals surface area (Å²) in [7, 11) is 0. The van der Waals surface area contributed by atoms with Gasteiger partial charge in [0.1, 0.15) is 23.9 Å². The second kappa shape index (κ2) is 7.08. The molecular formula is C23H18N6O. The lowest BCUT2D eigenvalue weighted by Gasteiger charge is -2.11. The third kappa shape index (κ3) is 3.18. The number of hydrogen-bond donors (Lipinski definition) is 1. The van der Waals surface area contributed by atoms with E-state index in [0.717, 1.165) is 29.7 Å². The average molecular weight is 394 g/mol. The van der Waals surface area contributed by atoms with E-state index in [1.54, 1.807) is 18.5 Å². The van der Waals surface area contributed by atoms with Crippen LogP contribution in [0.25, 0.3) is 28.1 Å². The van der Waals surface area contributed by atoms with Crippen LogP contribution in [0.15, 0.2) is 55.1 Å². The number of aryl methyl sites for hydroxylation is 1. The summed E-state index contributed by atoms with van der Waals surface area (Å²) < 4.78 is 1.88. The number of hydrogen-bond acceptors (Lipinski definition) is 5. The zero-order valence-corrected chi connectivity index (χ0v) is 16.3. The number of amides is 1. The molecule has 0 aliphatic heterocycles. The summed E-state index contributed by atoms with van der Waals surface area (Å²) in [4.78, 5) is 25.9. The van der Waals surface area contributed by atoms with E-state index in [0.29, 0.717) is 34.0 Å². The Bertz CT molecular complexity index is 1310. The van der Waals surface area contributed by atoms with Gasteiger partial charge in [-0.15, -0.1) is 0 Å². The largest absolute Gasteiger partial charge is 0.349 e. The predicted molar refractivity (Wildman–Crippen MR) is 112 cm³/mol. The summed E-state index contributed by atoms with van der Waals surface area (Å²) >= 11 is 0. The van der Waals surface area contributed by atoms with Gasteiger partial charge in [0, 0.05) is 17.2 Å². The SMILES string of the molecule is Cc1ccc(C(=O)NC2CC2)cc1-n1cnc2c(-c3ccc(C#N)cc3)ncnc21. The van der Waals surface area contributed by atoms with Crippen LogP contribution in [0.4, 0.5) is 0 Å². The van der Waals surface area contributed by atoms with Crippen molar-refractivity contribution in [3.63, 3.8) is 0 Å². The molecule has 7 nitrogen and oxygen atoms in total. The third-order valence-electron chi connectivity index (χ3n) is 5.26. The minimum Gasteiger partial charge on any atom is -0.349 e. The van der Waals surface area contributed by atoms with Gasteiger partial charge >= 0.3 is 0 Å². The number of rotatable bonds is 4. The summed E-state index contributed by atoms with van der Waals surface area (Å²) in [5.74, 6) is -0.0592. The van der Waals surface area contributed by atoms with Gasteiger partial charge in [0.25, 0.3) is 5.91 Å². The van der Waals surface area contributed by atoms with E-state index >= 15 is 0 Å². The van der Waals surface area contributed by atoms with Crippen molar-refractivity contribution < 1.29 is 4.79 Å². The summed E-state index contributed by atoms with van der Waals surface area (Å²) in [6, 6.07) is 15.3. The minimum absolute atomic E-state index is 0.0592. The summed E-state index contributed by atoms with van der Waals surface area (Å²) in [5.41, 5.74) is 5.95. The lowest BCUT2D eigenvalue weighted by Crippen LogP contribution is -2.25. The number of carbonyl (C=O) groups excluding carboxylic acids is 1. The smallest absolute Gasteiger partial charge is 0.251 e. The van der Waals surface area contributed by atoms with E-state index in [-0.39, 0.29) is 5.91 Å². The molecule has 146 valence electrons. The van der Waals surface area contributed by atoms with Crippen molar-refractivity contribution >= 4 is 17.1 Å². The molecular weight excluding hydrogens is 376 g/mol. The number of nitriles is 1. The van der Waals surface area contributed by atoms with Crippen LogP contribution in [0, 0.1) is 18.3 Å². The van der Waals surface area contributed by atoms with E-state index in [4.69, 9.17) is 5.26 Å². The topological polar surface area (TPSA) is 96.5 Å². The second-order valence-electron chi connectivity index (χ2n) is 7.45. The van der Waals surface area contributed by atoms with E-state index in [9.17, 15) is 4.79 Å². The van der Waals surface area contributed by atoms with Crippen LogP contribution in [0.5, 0.6) is 0 Å². The van der Waals surface area contributed by atoms with E-state index in [2.05, 4.69) is 26.3 Å². The molecule has 0 saturated heterocycles. The van der Waals surface area contributed by atoms with Gasteiger partial charge in [0.05, 0.1) is 17.3 Å². The van der Waals surface area contributed by atoms with E-state index in [1.165, 1.54) is 6.33 Å². The van der Waals surface area contributed by atoms with Crippen LogP contribution in [0.3, 0.4) is 0 Å². The maximum absolute atomic E-state index is 12.5. The molecule has 0 atom stereocenters. The van der Waals surface area contributed by atoms with Gasteiger partial charge in [-0.05, 0) is 49.6 Å². The van der Waals surface area contributed by atoms with Crippen LogP contribution in [-0.4, -0.2) is 31.5 Å². The van der Waals surface area contributed by atoms with Crippen molar-refractivity contribution in [2.24, 2.45) is 0 Å². The Labute approximate surface area is 173 Å². The van der Waals surface area contributed by atoms with Gasteiger partial charge in [-0.2, -0.15) is 5.26 Å². The van der Waals surface area contributed by atoms with Crippen molar-refractivity contribution in [2.45, 2.75) is 25.8 Å². The van der Waals surface area contributed by atoms with E-state index in [1.807, 2.05) is 41.8 Å². The number of fused-ring (bicyclic) bond motifs is 1. The lowest BCUT2D eigenvalue weighted by molar-refractivity contribution is 0.0951. The van der Waals surface area contributed by atoms with Gasteiger partial charge in [0.2, 0.25) is 0 Å². The molecule has 1 aliphatic carbocycles. The molecule has 30 heavy (non-hydrogen) atoms. The first kappa shape index (κ1) is 18.0. The van der Waals surface area contributed by atoms with Crippen molar-refractivity contribution in [1.29, 1.82) is 5.26 Å². The molecule has 1 amide bonds. The van der Waals surface area contributed by atoms with Crippen molar-refractivity contribution in [3.8, 4) is 23.0 Å². The Morgan fingerprint density at radius 1 is 1.13 bits per heavy atom. The van der Waals surface area contributed by atoms with Crippen LogP contribution in [-0.2, 0) is 0 Å². The van der Waals surface area contributed by atoms with Crippen LogP contribution in [0.2, 0.25) is 0 Å². The Hall–Kier alpha value is -4.05. The van der Waals surface area contributed by atoms with E-state index < -0.39 is 0 Å². The van der Waals surface area contributed by atoms with Crippen molar-refractivity contribution in [3.05, 3.63) is 71.8 Å². The zero-order valence-electron chi connectivity index (χ0n) is 16.3. The highest BCUT2D eigenvalue weighted by Gasteiger charge is 2.24. The Morgan fingerprint density at radius 3 is 2.67 bits per heavy atom. The molecule has 0 unspecified atom stereocenters. The number of imidazole rings is 1. The quantitative estimate of drug-likeness (QED) is 0.571. The first-order valence-electron chi connectivity index (χ1n) is 9.74. The normalized spacial score (nSPS) is 13.2. The first-order valence-corrected chi connectivity index (χ1v) is 9.74. The third-order valence-corrected chi connectivity index (χ3v) is 5.26. The summed E-state index contributed by atoms with van der Waals surface area (Å²) in [5, 5.41) is 12.0. The Kier molecular flexibility index (Phi) is 4.25. The monoisotopic (exact) mass is 394 g/mol. The second-order valence-corrected chi connectivity index (χ2v) is 7.45. The average Bonchev–Trinajstić information content (AvgIpc) is 3.49. The minimum atomic E-state index is -0.0592. The molecule has 2 heterocycles. The Balaban J connectivity index is 1.59. The molecule has 1 aliphatic rings. The molecule has 7 heteroatoms. The number of nitrogens with one attached hydrogen (secondary N) is 1. The molecule has 1 N–H and O–H groups in total.